The molecule has 7 heteroatoms. The first kappa shape index (κ1) is 11.4. The Morgan fingerprint density at radius 1 is 1.40 bits per heavy atom. The van der Waals surface area contributed by atoms with Crippen LogP contribution in [-0.2, 0) is 14.3 Å². The Kier molecular flexibility index (Phi) is 4.46. The number of esters is 1. The summed E-state index contributed by atoms with van der Waals surface area (Å²) in [4.78, 5) is 36.3. The maximum Gasteiger partial charge on any atom is 0.417 e. The lowest BCUT2D eigenvalue weighted by molar-refractivity contribution is -0.136. The van der Waals surface area contributed by atoms with Gasteiger partial charge < -0.3 is 15.0 Å². The largest absolute Gasteiger partial charge is 0.417 e. The number of nitrogens with zero attached hydrogens (tertiary/aromatic N) is 2. The molecule has 7 nitrogen and oxygen atoms in total. The molecule has 0 saturated carbocycles. The van der Waals surface area contributed by atoms with Crippen LogP contribution in [0.3, 0.4) is 0 Å². The van der Waals surface area contributed by atoms with Crippen molar-refractivity contribution in [2.45, 2.75) is 0 Å². The van der Waals surface area contributed by atoms with Crippen LogP contribution < -0.4 is 5.32 Å². The number of isocyanates is 1. The Bertz CT molecular complexity index is 292. The SMILES string of the molecule is O=C=NCC(=O)OC(=O)N1CCNCC1. The summed E-state index contributed by atoms with van der Waals surface area (Å²) in [7, 11) is 0. The van der Waals surface area contributed by atoms with Crippen molar-refractivity contribution in [2.75, 3.05) is 32.7 Å². The van der Waals surface area contributed by atoms with Crippen molar-refractivity contribution in [1.29, 1.82) is 0 Å². The summed E-state index contributed by atoms with van der Waals surface area (Å²) in [6.07, 6.45) is 0.499. The Morgan fingerprint density at radius 3 is 2.67 bits per heavy atom. The van der Waals surface area contributed by atoms with Gasteiger partial charge in [-0.1, -0.05) is 0 Å². The standard InChI is InChI=1S/C8H11N3O4/c12-6-10-5-7(13)15-8(14)11-3-1-9-2-4-11/h9H,1-5H2. The number of nitrogens with one attached hydrogen (secondary N) is 1. The summed E-state index contributed by atoms with van der Waals surface area (Å²) in [6, 6.07) is 0. The fraction of sp³-hybridized carbons (Fsp3) is 0.625. The van der Waals surface area contributed by atoms with Crippen LogP contribution >= 0.6 is 0 Å². The molecule has 1 saturated heterocycles. The number of rotatable bonds is 2. The first-order chi connectivity index (χ1) is 7.24. The number of carbonyl (C=O) groups is 2. The molecule has 0 atom stereocenters. The summed E-state index contributed by atoms with van der Waals surface area (Å²) in [5.74, 6) is -0.845. The maximum atomic E-state index is 11.3. The van der Waals surface area contributed by atoms with Gasteiger partial charge in [-0.2, -0.15) is 4.99 Å². The van der Waals surface area contributed by atoms with E-state index in [-0.39, 0.29) is 0 Å². The second kappa shape index (κ2) is 5.90. The molecule has 1 N–H and O–H groups in total. The monoisotopic (exact) mass is 213 g/mol. The lowest BCUT2D eigenvalue weighted by Crippen LogP contribution is -2.47. The molecule has 1 aliphatic rings. The van der Waals surface area contributed by atoms with Gasteiger partial charge >= 0.3 is 12.1 Å². The zero-order valence-electron chi connectivity index (χ0n) is 8.06. The smallest absolute Gasteiger partial charge is 0.375 e. The third-order valence-corrected chi connectivity index (χ3v) is 1.85. The van der Waals surface area contributed by atoms with Crippen LogP contribution in [0.4, 0.5) is 4.79 Å². The molecule has 1 aliphatic heterocycles. The van der Waals surface area contributed by atoms with E-state index in [0.717, 1.165) is 0 Å². The Morgan fingerprint density at radius 2 is 2.07 bits per heavy atom. The molecule has 15 heavy (non-hydrogen) atoms. The predicted molar refractivity (Wildman–Crippen MR) is 48.9 cm³/mol. The number of aliphatic imine (C=N–C) groups is 1. The molecule has 0 aliphatic carbocycles. The lowest BCUT2D eigenvalue weighted by Gasteiger charge is -2.25. The molecule has 1 amide bonds. The van der Waals surface area contributed by atoms with Crippen LogP contribution in [0.25, 0.3) is 0 Å². The Labute approximate surface area is 86.1 Å². The van der Waals surface area contributed by atoms with E-state index < -0.39 is 18.6 Å². The highest BCUT2D eigenvalue weighted by Gasteiger charge is 2.19. The van der Waals surface area contributed by atoms with Gasteiger partial charge in [0.1, 0.15) is 6.54 Å². The van der Waals surface area contributed by atoms with Gasteiger partial charge in [0.15, 0.2) is 0 Å². The summed E-state index contributed by atoms with van der Waals surface area (Å²) in [5.41, 5.74) is 0. The van der Waals surface area contributed by atoms with E-state index in [1.54, 1.807) is 0 Å². The van der Waals surface area contributed by atoms with Crippen LogP contribution in [-0.4, -0.2) is 55.8 Å². The second-order valence-electron chi connectivity index (χ2n) is 2.88. The summed E-state index contributed by atoms with van der Waals surface area (Å²) >= 11 is 0. The lowest BCUT2D eigenvalue weighted by atomic mass is 10.4. The van der Waals surface area contributed by atoms with Gasteiger partial charge in [0, 0.05) is 26.2 Å². The predicted octanol–water partition coefficient (Wildman–Crippen LogP) is -1.11. The van der Waals surface area contributed by atoms with E-state index in [0.29, 0.717) is 26.2 Å². The summed E-state index contributed by atoms with van der Waals surface area (Å²) in [6.45, 7) is 1.89. The first-order valence-corrected chi connectivity index (χ1v) is 4.48. The van der Waals surface area contributed by atoms with Gasteiger partial charge in [-0.3, -0.25) is 0 Å². The third kappa shape index (κ3) is 3.88. The number of hydrogen-bond acceptors (Lipinski definition) is 6. The van der Waals surface area contributed by atoms with Crippen LogP contribution in [0.15, 0.2) is 4.99 Å². The van der Waals surface area contributed by atoms with Gasteiger partial charge in [-0.15, -0.1) is 0 Å². The number of carbonyl (C=O) groups excluding carboxylic acids is 3. The van der Waals surface area contributed by atoms with Crippen molar-refractivity contribution in [1.82, 2.24) is 10.2 Å². The van der Waals surface area contributed by atoms with E-state index in [4.69, 9.17) is 0 Å². The van der Waals surface area contributed by atoms with Gasteiger partial charge in [0.2, 0.25) is 6.08 Å². The molecule has 82 valence electrons. The molecular formula is C8H11N3O4. The average Bonchev–Trinajstić information content (AvgIpc) is 2.27. The molecule has 0 unspecified atom stereocenters. The molecule has 0 aromatic carbocycles. The molecular weight excluding hydrogens is 202 g/mol. The summed E-state index contributed by atoms with van der Waals surface area (Å²) < 4.78 is 4.44. The van der Waals surface area contributed by atoms with Crippen molar-refractivity contribution in [3.05, 3.63) is 0 Å². The van der Waals surface area contributed by atoms with Crippen molar-refractivity contribution in [3.63, 3.8) is 0 Å². The van der Waals surface area contributed by atoms with Gasteiger partial charge in [-0.05, 0) is 0 Å². The third-order valence-electron chi connectivity index (χ3n) is 1.85. The molecule has 0 aromatic heterocycles. The number of hydrogen-bond donors (Lipinski definition) is 1. The van der Waals surface area contributed by atoms with E-state index in [9.17, 15) is 14.4 Å². The first-order valence-electron chi connectivity index (χ1n) is 4.48. The molecule has 1 fully saturated rings. The van der Waals surface area contributed by atoms with Gasteiger partial charge in [0.05, 0.1) is 0 Å². The molecule has 0 aromatic rings. The van der Waals surface area contributed by atoms with E-state index in [1.165, 1.54) is 11.0 Å². The molecule has 0 bridgehead atoms. The van der Waals surface area contributed by atoms with Crippen molar-refractivity contribution < 1.29 is 19.1 Å². The number of amides is 1. The minimum atomic E-state index is -0.845. The molecule has 0 radical (unpaired) electrons. The molecule has 1 rings (SSSR count). The van der Waals surface area contributed by atoms with Gasteiger partial charge in [-0.25, -0.2) is 14.4 Å². The van der Waals surface area contributed by atoms with E-state index in [1.807, 2.05) is 0 Å². The maximum absolute atomic E-state index is 11.3. The topological polar surface area (TPSA) is 88.1 Å². The van der Waals surface area contributed by atoms with Crippen molar-refractivity contribution in [3.8, 4) is 0 Å². The Hall–Kier alpha value is -1.72. The average molecular weight is 213 g/mol. The summed E-state index contributed by atoms with van der Waals surface area (Å²) in [5, 5.41) is 3.05. The highest BCUT2D eigenvalue weighted by atomic mass is 16.6. The Balaban J connectivity index is 2.33. The van der Waals surface area contributed by atoms with Crippen LogP contribution in [0, 0.1) is 0 Å². The van der Waals surface area contributed by atoms with E-state index in [2.05, 4.69) is 15.0 Å². The fourth-order valence-corrected chi connectivity index (χ4v) is 1.14. The highest BCUT2D eigenvalue weighted by molar-refractivity contribution is 5.86. The second-order valence-corrected chi connectivity index (χ2v) is 2.88. The highest BCUT2D eigenvalue weighted by Crippen LogP contribution is 1.97. The zero-order chi connectivity index (χ0) is 11.1. The number of ether oxygens (including phenoxy) is 1. The van der Waals surface area contributed by atoms with Crippen LogP contribution in [0.2, 0.25) is 0 Å². The van der Waals surface area contributed by atoms with Crippen LogP contribution in [0.1, 0.15) is 0 Å². The van der Waals surface area contributed by atoms with Crippen LogP contribution in [0.5, 0.6) is 0 Å². The van der Waals surface area contributed by atoms with E-state index >= 15 is 0 Å². The molecule has 0 spiro atoms. The number of piperazine rings is 1. The van der Waals surface area contributed by atoms with Crippen molar-refractivity contribution >= 4 is 18.1 Å². The minimum Gasteiger partial charge on any atom is -0.375 e. The minimum absolute atomic E-state index is 0.471. The molecule has 1 heterocycles. The van der Waals surface area contributed by atoms with Crippen molar-refractivity contribution in [2.24, 2.45) is 4.99 Å². The van der Waals surface area contributed by atoms with Gasteiger partial charge in [0.25, 0.3) is 0 Å². The quantitative estimate of drug-likeness (QED) is 0.272. The fourth-order valence-electron chi connectivity index (χ4n) is 1.14. The normalized spacial score (nSPS) is 15.3. The zero-order valence-corrected chi connectivity index (χ0v) is 8.06.